The lowest BCUT2D eigenvalue weighted by atomic mass is 9.89. The predicted octanol–water partition coefficient (Wildman–Crippen LogP) is 3.30. The third kappa shape index (κ3) is 3.04. The number of anilines is 1. The first-order valence-corrected chi connectivity index (χ1v) is 7.87. The highest BCUT2D eigenvalue weighted by molar-refractivity contribution is 7.15. The van der Waals surface area contributed by atoms with E-state index < -0.39 is 0 Å². The SMILES string of the molecule is CCNC(C)c1cnc(N2CCC(C)C(C)C2)s1. The zero-order chi connectivity index (χ0) is 13.1. The van der Waals surface area contributed by atoms with Gasteiger partial charge in [0.05, 0.1) is 0 Å². The molecule has 2 rings (SSSR count). The molecule has 1 aromatic rings. The molecule has 3 nitrogen and oxygen atoms in total. The third-order valence-electron chi connectivity index (χ3n) is 4.05. The highest BCUT2D eigenvalue weighted by Crippen LogP contribution is 2.31. The summed E-state index contributed by atoms with van der Waals surface area (Å²) in [6, 6.07) is 0.419. The van der Waals surface area contributed by atoms with E-state index in [9.17, 15) is 0 Å². The number of hydrogen-bond acceptors (Lipinski definition) is 4. The molecule has 1 aliphatic heterocycles. The van der Waals surface area contributed by atoms with Gasteiger partial charge < -0.3 is 10.2 Å². The molecule has 1 saturated heterocycles. The van der Waals surface area contributed by atoms with Crippen LogP contribution in [-0.4, -0.2) is 24.6 Å². The summed E-state index contributed by atoms with van der Waals surface area (Å²) < 4.78 is 0. The van der Waals surface area contributed by atoms with Crippen LogP contribution < -0.4 is 10.2 Å². The molecule has 0 spiro atoms. The van der Waals surface area contributed by atoms with Crippen molar-refractivity contribution < 1.29 is 0 Å². The maximum Gasteiger partial charge on any atom is 0.185 e. The van der Waals surface area contributed by atoms with Crippen molar-refractivity contribution in [2.75, 3.05) is 24.5 Å². The van der Waals surface area contributed by atoms with Crippen LogP contribution in [0.5, 0.6) is 0 Å². The molecule has 3 atom stereocenters. The van der Waals surface area contributed by atoms with Crippen LogP contribution in [-0.2, 0) is 0 Å². The molecule has 0 amide bonds. The van der Waals surface area contributed by atoms with Crippen molar-refractivity contribution >= 4 is 16.5 Å². The standard InChI is InChI=1S/C14H25N3S/c1-5-15-12(4)13-8-16-14(18-13)17-7-6-10(2)11(3)9-17/h8,10-12,15H,5-7,9H2,1-4H3. The van der Waals surface area contributed by atoms with Crippen LogP contribution >= 0.6 is 11.3 Å². The van der Waals surface area contributed by atoms with E-state index in [-0.39, 0.29) is 0 Å². The van der Waals surface area contributed by atoms with Crippen LogP contribution in [0.2, 0.25) is 0 Å². The fraction of sp³-hybridized carbons (Fsp3) is 0.786. The molecule has 1 aliphatic rings. The van der Waals surface area contributed by atoms with Crippen LogP contribution in [0.3, 0.4) is 0 Å². The van der Waals surface area contributed by atoms with Gasteiger partial charge >= 0.3 is 0 Å². The molecule has 0 bridgehead atoms. The minimum atomic E-state index is 0.419. The van der Waals surface area contributed by atoms with E-state index in [1.54, 1.807) is 0 Å². The Balaban J connectivity index is 2.01. The lowest BCUT2D eigenvalue weighted by molar-refractivity contribution is 0.324. The summed E-state index contributed by atoms with van der Waals surface area (Å²) in [5, 5.41) is 4.65. The lowest BCUT2D eigenvalue weighted by Gasteiger charge is -2.35. The number of hydrogen-bond donors (Lipinski definition) is 1. The van der Waals surface area contributed by atoms with Gasteiger partial charge in [-0.05, 0) is 31.7 Å². The van der Waals surface area contributed by atoms with Crippen molar-refractivity contribution in [1.29, 1.82) is 0 Å². The minimum absolute atomic E-state index is 0.419. The Morgan fingerprint density at radius 2 is 2.28 bits per heavy atom. The minimum Gasteiger partial charge on any atom is -0.348 e. The van der Waals surface area contributed by atoms with Gasteiger partial charge in [0.1, 0.15) is 0 Å². The Hall–Kier alpha value is -0.610. The molecule has 102 valence electrons. The number of piperidine rings is 1. The van der Waals surface area contributed by atoms with Crippen molar-refractivity contribution in [1.82, 2.24) is 10.3 Å². The number of rotatable bonds is 4. The van der Waals surface area contributed by atoms with Crippen LogP contribution in [0.25, 0.3) is 0 Å². The molecule has 0 aromatic carbocycles. The maximum atomic E-state index is 4.61. The number of nitrogens with zero attached hydrogens (tertiary/aromatic N) is 2. The highest BCUT2D eigenvalue weighted by Gasteiger charge is 2.24. The second-order valence-corrected chi connectivity index (χ2v) is 6.55. The van der Waals surface area contributed by atoms with E-state index in [0.717, 1.165) is 31.5 Å². The quantitative estimate of drug-likeness (QED) is 0.907. The largest absolute Gasteiger partial charge is 0.348 e. The van der Waals surface area contributed by atoms with Gasteiger partial charge in [-0.2, -0.15) is 0 Å². The molecule has 18 heavy (non-hydrogen) atoms. The van der Waals surface area contributed by atoms with E-state index >= 15 is 0 Å². The highest BCUT2D eigenvalue weighted by atomic mass is 32.1. The summed E-state index contributed by atoms with van der Waals surface area (Å²) in [6.45, 7) is 12.4. The Kier molecular flexibility index (Phi) is 4.62. The van der Waals surface area contributed by atoms with Crippen LogP contribution in [0, 0.1) is 11.8 Å². The average Bonchev–Trinajstić information content (AvgIpc) is 2.82. The van der Waals surface area contributed by atoms with Crippen molar-refractivity contribution in [3.8, 4) is 0 Å². The summed E-state index contributed by atoms with van der Waals surface area (Å²) in [5.41, 5.74) is 0. The van der Waals surface area contributed by atoms with Crippen molar-refractivity contribution in [2.24, 2.45) is 11.8 Å². The molecular formula is C14H25N3S. The van der Waals surface area contributed by atoms with Gasteiger partial charge in [0.2, 0.25) is 0 Å². The first-order chi connectivity index (χ1) is 8.61. The second-order valence-electron chi connectivity index (χ2n) is 5.51. The molecule has 0 aliphatic carbocycles. The Morgan fingerprint density at radius 3 is 2.94 bits per heavy atom. The van der Waals surface area contributed by atoms with E-state index in [1.807, 2.05) is 17.5 Å². The summed E-state index contributed by atoms with van der Waals surface area (Å²) in [5.74, 6) is 1.62. The second kappa shape index (κ2) is 6.02. The number of thiazole rings is 1. The molecule has 1 aromatic heterocycles. The smallest absolute Gasteiger partial charge is 0.185 e. The Bertz CT molecular complexity index is 377. The van der Waals surface area contributed by atoms with Gasteiger partial charge in [-0.15, -0.1) is 11.3 Å². The summed E-state index contributed by atoms with van der Waals surface area (Å²) in [7, 11) is 0. The van der Waals surface area contributed by atoms with Crippen LogP contribution in [0.15, 0.2) is 6.20 Å². The van der Waals surface area contributed by atoms with Gasteiger partial charge in [0, 0.05) is 30.2 Å². The van der Waals surface area contributed by atoms with E-state index in [1.165, 1.54) is 16.4 Å². The topological polar surface area (TPSA) is 28.2 Å². The first-order valence-electron chi connectivity index (χ1n) is 7.05. The molecule has 1 fully saturated rings. The van der Waals surface area contributed by atoms with Gasteiger partial charge in [-0.25, -0.2) is 4.98 Å². The molecule has 4 heteroatoms. The van der Waals surface area contributed by atoms with Gasteiger partial charge in [0.15, 0.2) is 5.13 Å². The molecule has 0 saturated carbocycles. The first kappa shape index (κ1) is 13.8. The van der Waals surface area contributed by atoms with Gasteiger partial charge in [-0.3, -0.25) is 0 Å². The fourth-order valence-electron chi connectivity index (χ4n) is 2.47. The monoisotopic (exact) mass is 267 g/mol. The summed E-state index contributed by atoms with van der Waals surface area (Å²) >= 11 is 1.84. The predicted molar refractivity (Wildman–Crippen MR) is 79.4 cm³/mol. The third-order valence-corrected chi connectivity index (χ3v) is 5.29. The molecule has 2 heterocycles. The van der Waals surface area contributed by atoms with Gasteiger partial charge in [-0.1, -0.05) is 20.8 Å². The fourth-order valence-corrected chi connectivity index (χ4v) is 3.44. The average molecular weight is 267 g/mol. The van der Waals surface area contributed by atoms with E-state index in [2.05, 4.69) is 42.9 Å². The number of nitrogens with one attached hydrogen (secondary N) is 1. The van der Waals surface area contributed by atoms with E-state index in [0.29, 0.717) is 6.04 Å². The normalized spacial score (nSPS) is 26.3. The molecule has 1 N–H and O–H groups in total. The Labute approximate surface area is 115 Å². The Morgan fingerprint density at radius 1 is 1.50 bits per heavy atom. The lowest BCUT2D eigenvalue weighted by Crippen LogP contribution is -2.38. The van der Waals surface area contributed by atoms with Crippen molar-refractivity contribution in [2.45, 2.75) is 40.2 Å². The summed E-state index contributed by atoms with van der Waals surface area (Å²) in [4.78, 5) is 8.41. The van der Waals surface area contributed by atoms with Gasteiger partial charge in [0.25, 0.3) is 0 Å². The molecule has 0 radical (unpaired) electrons. The zero-order valence-corrected chi connectivity index (χ0v) is 12.8. The van der Waals surface area contributed by atoms with Crippen LogP contribution in [0.4, 0.5) is 5.13 Å². The maximum absolute atomic E-state index is 4.61. The van der Waals surface area contributed by atoms with Crippen LogP contribution in [0.1, 0.15) is 45.0 Å². The van der Waals surface area contributed by atoms with E-state index in [4.69, 9.17) is 0 Å². The molecular weight excluding hydrogens is 242 g/mol. The number of aromatic nitrogens is 1. The van der Waals surface area contributed by atoms with Crippen molar-refractivity contribution in [3.05, 3.63) is 11.1 Å². The van der Waals surface area contributed by atoms with Crippen molar-refractivity contribution in [3.63, 3.8) is 0 Å². The molecule has 3 unspecified atom stereocenters. The zero-order valence-electron chi connectivity index (χ0n) is 11.9. The summed E-state index contributed by atoms with van der Waals surface area (Å²) in [6.07, 6.45) is 3.33.